The van der Waals surface area contributed by atoms with Crippen molar-refractivity contribution in [1.29, 1.82) is 0 Å². The smallest absolute Gasteiger partial charge is 0.341 e. The fraction of sp³-hybridized carbons (Fsp3) is 0.676. The number of hydrogen-bond acceptors (Lipinski definition) is 6. The summed E-state index contributed by atoms with van der Waals surface area (Å²) in [6.07, 6.45) is -0.691. The zero-order chi connectivity index (χ0) is 31.7. The lowest BCUT2D eigenvalue weighted by Crippen LogP contribution is -2.68. The van der Waals surface area contributed by atoms with Gasteiger partial charge in [0.25, 0.3) is 0 Å². The summed E-state index contributed by atoms with van der Waals surface area (Å²) in [6, 6.07) is 9.90. The number of carbonyl (C=O) groups excluding carboxylic acids is 1. The first-order chi connectivity index (χ1) is 19.1. The van der Waals surface area contributed by atoms with Crippen molar-refractivity contribution >= 4 is 22.6 Å². The molecule has 234 valence electrons. The Bertz CT molecular complexity index is 1240. The molecule has 0 aromatic heterocycles. The summed E-state index contributed by atoms with van der Waals surface area (Å²) in [6.45, 7) is 30.4. The molecule has 2 fully saturated rings. The van der Waals surface area contributed by atoms with Crippen molar-refractivity contribution in [3.63, 3.8) is 0 Å². The zero-order valence-electron chi connectivity index (χ0n) is 28.0. The van der Waals surface area contributed by atoms with Gasteiger partial charge in [-0.3, -0.25) is 0 Å². The molecule has 1 aromatic rings. The van der Waals surface area contributed by atoms with E-state index >= 15 is 0 Å². The maximum Gasteiger partial charge on any atom is 0.341 e. The number of fused-ring (bicyclic) bond motifs is 3. The van der Waals surface area contributed by atoms with Gasteiger partial charge in [0.05, 0.1) is 18.8 Å². The minimum Gasteiger partial charge on any atom is -0.452 e. The monoisotopic (exact) mass is 614 g/mol. The van der Waals surface area contributed by atoms with Crippen molar-refractivity contribution in [3.05, 3.63) is 59.2 Å². The molecule has 42 heavy (non-hydrogen) atoms. The van der Waals surface area contributed by atoms with E-state index in [2.05, 4.69) is 81.2 Å². The van der Waals surface area contributed by atoms with Crippen molar-refractivity contribution < 1.29 is 28.2 Å². The standard InChI is InChI=1S/C34H54O6Si2/c1-22-19-27(37-21-24-17-15-14-16-18-24)34(36)29(38-30(35)33(34,9)40-42(12,13)32(6,7)8)28-23(2)26(20-25(22)28)39-41(10,11)31(3,4)5/h14-18,25-27,29,36H,1,19-21H2,2-13H3/t25-,26?,27-,29+,33-,34-/m1/s1. The first kappa shape index (κ1) is 33.3. The lowest BCUT2D eigenvalue weighted by atomic mass is 9.75. The lowest BCUT2D eigenvalue weighted by Gasteiger charge is -2.48. The van der Waals surface area contributed by atoms with Gasteiger partial charge in [-0.2, -0.15) is 0 Å². The molecule has 0 radical (unpaired) electrons. The van der Waals surface area contributed by atoms with Crippen LogP contribution in [0.5, 0.6) is 0 Å². The maximum absolute atomic E-state index is 14.0. The molecule has 1 aromatic carbocycles. The van der Waals surface area contributed by atoms with Gasteiger partial charge in [-0.25, -0.2) is 4.79 Å². The van der Waals surface area contributed by atoms with Crippen LogP contribution in [0.25, 0.3) is 0 Å². The van der Waals surface area contributed by atoms with Crippen molar-refractivity contribution in [1.82, 2.24) is 0 Å². The summed E-state index contributed by atoms with van der Waals surface area (Å²) in [4.78, 5) is 14.0. The largest absolute Gasteiger partial charge is 0.452 e. The Morgan fingerprint density at radius 3 is 2.14 bits per heavy atom. The van der Waals surface area contributed by atoms with Gasteiger partial charge >= 0.3 is 5.97 Å². The number of carbonyl (C=O) groups is 1. The highest BCUT2D eigenvalue weighted by atomic mass is 28.4. The lowest BCUT2D eigenvalue weighted by molar-refractivity contribution is -0.193. The molecular weight excluding hydrogens is 561 g/mol. The third-order valence-corrected chi connectivity index (χ3v) is 20.1. The highest BCUT2D eigenvalue weighted by molar-refractivity contribution is 6.74. The van der Waals surface area contributed by atoms with Crippen molar-refractivity contribution in [2.24, 2.45) is 5.92 Å². The predicted octanol–water partition coefficient (Wildman–Crippen LogP) is 7.70. The number of rotatable bonds is 7. The normalized spacial score (nSPS) is 32.5. The zero-order valence-corrected chi connectivity index (χ0v) is 30.0. The van der Waals surface area contributed by atoms with Gasteiger partial charge in [0.2, 0.25) is 0 Å². The molecule has 4 rings (SSSR count). The molecule has 1 heterocycles. The van der Waals surface area contributed by atoms with Crippen LogP contribution in [-0.4, -0.2) is 57.2 Å². The number of hydrogen-bond donors (Lipinski definition) is 1. The van der Waals surface area contributed by atoms with Crippen molar-refractivity contribution in [2.45, 2.75) is 141 Å². The Labute approximate surface area is 256 Å². The van der Waals surface area contributed by atoms with Crippen LogP contribution in [0.1, 0.15) is 73.8 Å². The molecule has 0 bridgehead atoms. The molecular formula is C34H54O6Si2. The Balaban J connectivity index is 1.84. The Hall–Kier alpha value is -1.56. The molecule has 1 saturated carbocycles. The molecule has 0 spiro atoms. The Kier molecular flexibility index (Phi) is 8.58. The van der Waals surface area contributed by atoms with E-state index in [1.165, 1.54) is 0 Å². The van der Waals surface area contributed by atoms with Crippen LogP contribution in [0.3, 0.4) is 0 Å². The summed E-state index contributed by atoms with van der Waals surface area (Å²) >= 11 is 0. The van der Waals surface area contributed by atoms with E-state index < -0.39 is 46.0 Å². The van der Waals surface area contributed by atoms with E-state index in [1.807, 2.05) is 30.3 Å². The first-order valence-electron chi connectivity index (χ1n) is 15.4. The van der Waals surface area contributed by atoms with Crippen LogP contribution in [0.4, 0.5) is 0 Å². The molecule has 0 amide bonds. The summed E-state index contributed by atoms with van der Waals surface area (Å²) < 4.78 is 26.7. The molecule has 1 N–H and O–H groups in total. The third kappa shape index (κ3) is 5.45. The highest BCUT2D eigenvalue weighted by Crippen LogP contribution is 2.57. The van der Waals surface area contributed by atoms with E-state index in [0.29, 0.717) is 6.42 Å². The van der Waals surface area contributed by atoms with Crippen LogP contribution < -0.4 is 0 Å². The minimum absolute atomic E-state index is 0.0477. The quantitative estimate of drug-likeness (QED) is 0.193. The molecule has 6 nitrogen and oxygen atoms in total. The Morgan fingerprint density at radius 1 is 1.02 bits per heavy atom. The molecule has 1 unspecified atom stereocenters. The van der Waals surface area contributed by atoms with Gasteiger partial charge in [0, 0.05) is 5.92 Å². The summed E-state index contributed by atoms with van der Waals surface area (Å²) in [5.74, 6) is -0.613. The van der Waals surface area contributed by atoms with Gasteiger partial charge < -0.3 is 23.4 Å². The van der Waals surface area contributed by atoms with Gasteiger partial charge in [-0.15, -0.1) is 0 Å². The first-order valence-corrected chi connectivity index (χ1v) is 21.2. The van der Waals surface area contributed by atoms with Crippen LogP contribution in [-0.2, 0) is 29.7 Å². The molecule has 1 saturated heterocycles. The van der Waals surface area contributed by atoms with Crippen molar-refractivity contribution in [3.8, 4) is 0 Å². The second kappa shape index (κ2) is 10.8. The van der Waals surface area contributed by atoms with E-state index in [0.717, 1.165) is 28.7 Å². The SMILES string of the molecule is C=C1C[C@@H](OCc2ccccc2)[C@@]2(O)[C@@H](OC(=O)[C@@]2(C)O[Si](C)(C)C(C)(C)C)C2=C(C)C(O[Si](C)(C)C(C)(C)C)C[C@H]12. The predicted molar refractivity (Wildman–Crippen MR) is 173 cm³/mol. The Morgan fingerprint density at radius 2 is 1.60 bits per heavy atom. The molecule has 2 aliphatic carbocycles. The summed E-state index contributed by atoms with van der Waals surface area (Å²) in [7, 11) is -4.65. The summed E-state index contributed by atoms with van der Waals surface area (Å²) in [5, 5.41) is 13.0. The number of benzene rings is 1. The molecule has 3 aliphatic rings. The minimum atomic E-state index is -2.55. The van der Waals surface area contributed by atoms with Gasteiger partial charge in [0.1, 0.15) is 0 Å². The fourth-order valence-electron chi connectivity index (χ4n) is 6.20. The topological polar surface area (TPSA) is 74.2 Å². The van der Waals surface area contributed by atoms with E-state index in [-0.39, 0.29) is 28.7 Å². The highest BCUT2D eigenvalue weighted by Gasteiger charge is 2.74. The van der Waals surface area contributed by atoms with E-state index in [9.17, 15) is 9.90 Å². The van der Waals surface area contributed by atoms with Gasteiger partial charge in [-0.1, -0.05) is 84.0 Å². The average Bonchev–Trinajstić information content (AvgIpc) is 3.23. The maximum atomic E-state index is 14.0. The van der Waals surface area contributed by atoms with E-state index in [4.69, 9.17) is 18.3 Å². The second-order valence-electron chi connectivity index (χ2n) is 15.9. The molecule has 8 heteroatoms. The molecule has 6 atom stereocenters. The third-order valence-electron chi connectivity index (χ3n) is 11.1. The molecule has 1 aliphatic heterocycles. The van der Waals surface area contributed by atoms with Crippen molar-refractivity contribution in [2.75, 3.05) is 0 Å². The van der Waals surface area contributed by atoms with Gasteiger partial charge in [-0.05, 0) is 79.7 Å². The second-order valence-corrected chi connectivity index (χ2v) is 25.4. The fourth-order valence-corrected chi connectivity index (χ4v) is 9.11. The number of esters is 1. The van der Waals surface area contributed by atoms with Crippen LogP contribution >= 0.6 is 0 Å². The van der Waals surface area contributed by atoms with Crippen LogP contribution in [0, 0.1) is 5.92 Å². The number of ether oxygens (including phenoxy) is 2. The number of aliphatic hydroxyl groups is 1. The summed E-state index contributed by atoms with van der Waals surface area (Å²) in [5.41, 5.74) is 0.507. The van der Waals surface area contributed by atoms with Crippen LogP contribution in [0.2, 0.25) is 36.3 Å². The van der Waals surface area contributed by atoms with Gasteiger partial charge in [0.15, 0.2) is 33.9 Å². The van der Waals surface area contributed by atoms with E-state index in [1.54, 1.807) is 6.92 Å². The average molecular weight is 615 g/mol. The van der Waals surface area contributed by atoms with Crippen LogP contribution in [0.15, 0.2) is 53.6 Å².